The summed E-state index contributed by atoms with van der Waals surface area (Å²) in [5.74, 6) is -0.642. The number of ether oxygens (including phenoxy) is 1. The summed E-state index contributed by atoms with van der Waals surface area (Å²) in [6.07, 6.45) is 2.82. The Morgan fingerprint density at radius 1 is 0.967 bits per heavy atom. The molecule has 0 aliphatic carbocycles. The van der Waals surface area contributed by atoms with Gasteiger partial charge in [-0.05, 0) is 24.3 Å². The fraction of sp³-hybridized carbons (Fsp3) is 0.350. The summed E-state index contributed by atoms with van der Waals surface area (Å²) in [7, 11) is 0. The number of rotatable bonds is 5. The smallest absolute Gasteiger partial charge is 0.246 e. The van der Waals surface area contributed by atoms with E-state index in [1.807, 2.05) is 6.07 Å². The van der Waals surface area contributed by atoms with Crippen molar-refractivity contribution < 1.29 is 13.5 Å². The molecule has 4 heterocycles. The fourth-order valence-electron chi connectivity index (χ4n) is 3.72. The maximum Gasteiger partial charge on any atom is 0.246 e. The van der Waals surface area contributed by atoms with Crippen molar-refractivity contribution in [3.63, 3.8) is 0 Å². The molecule has 0 spiro atoms. The Balaban J connectivity index is 1.28. The molecule has 10 heteroatoms. The monoisotopic (exact) mass is 413 g/mol. The van der Waals surface area contributed by atoms with Crippen LogP contribution >= 0.6 is 0 Å². The Bertz CT molecular complexity index is 1030. The van der Waals surface area contributed by atoms with Gasteiger partial charge in [-0.15, -0.1) is 5.10 Å². The molecule has 0 radical (unpaired) electrons. The Labute approximate surface area is 172 Å². The van der Waals surface area contributed by atoms with Gasteiger partial charge in [0.05, 0.1) is 24.9 Å². The molecule has 0 unspecified atom stereocenters. The molecule has 0 atom stereocenters. The van der Waals surface area contributed by atoms with E-state index >= 15 is 0 Å². The lowest BCUT2D eigenvalue weighted by Crippen LogP contribution is -2.56. The van der Waals surface area contributed by atoms with Gasteiger partial charge in [-0.2, -0.15) is 9.37 Å². The van der Waals surface area contributed by atoms with Gasteiger partial charge in [0.1, 0.15) is 12.1 Å². The fourth-order valence-corrected chi connectivity index (χ4v) is 3.72. The minimum atomic E-state index is -0.600. The van der Waals surface area contributed by atoms with Crippen LogP contribution in [0.3, 0.4) is 0 Å². The Kier molecular flexibility index (Phi) is 5.01. The van der Waals surface area contributed by atoms with Crippen molar-refractivity contribution in [3.8, 4) is 5.69 Å². The van der Waals surface area contributed by atoms with E-state index < -0.39 is 5.95 Å². The largest absolute Gasteiger partial charge is 0.378 e. The summed E-state index contributed by atoms with van der Waals surface area (Å²) in [6.45, 7) is 5.14. The van der Waals surface area contributed by atoms with Gasteiger partial charge in [0.15, 0.2) is 0 Å². The van der Waals surface area contributed by atoms with Gasteiger partial charge < -0.3 is 15.0 Å². The number of nitrogens with one attached hydrogen (secondary N) is 1. The van der Waals surface area contributed by atoms with Crippen LogP contribution in [-0.2, 0) is 4.74 Å². The first-order valence-electron chi connectivity index (χ1n) is 9.82. The van der Waals surface area contributed by atoms with Crippen molar-refractivity contribution in [2.24, 2.45) is 0 Å². The molecule has 1 N–H and O–H groups in total. The first kappa shape index (κ1) is 18.9. The number of piperazine rings is 1. The summed E-state index contributed by atoms with van der Waals surface area (Å²) in [5, 5.41) is 7.31. The number of hydrogen-bond donors (Lipinski definition) is 1. The molecule has 2 fully saturated rings. The van der Waals surface area contributed by atoms with E-state index in [9.17, 15) is 8.78 Å². The van der Waals surface area contributed by atoms with Crippen LogP contribution in [0.25, 0.3) is 5.69 Å². The third kappa shape index (κ3) is 3.96. The molecule has 0 saturated carbocycles. The lowest BCUT2D eigenvalue weighted by Gasteiger charge is -2.43. The SMILES string of the molecule is Fc1cc(Nc2ncn(-c3ccnc(F)c3)n2)cc(N2CCN(C3COC3)CC2)c1. The Morgan fingerprint density at radius 2 is 1.80 bits per heavy atom. The molecule has 3 aromatic rings. The number of nitrogens with zero attached hydrogens (tertiary/aromatic N) is 6. The minimum Gasteiger partial charge on any atom is -0.378 e. The second kappa shape index (κ2) is 7.96. The normalized spacial score (nSPS) is 17.7. The third-order valence-electron chi connectivity index (χ3n) is 5.42. The summed E-state index contributed by atoms with van der Waals surface area (Å²) in [6, 6.07) is 8.23. The lowest BCUT2D eigenvalue weighted by atomic mass is 10.1. The number of aromatic nitrogens is 4. The highest BCUT2D eigenvalue weighted by Crippen LogP contribution is 2.25. The van der Waals surface area contributed by atoms with Crippen molar-refractivity contribution in [1.82, 2.24) is 24.6 Å². The van der Waals surface area contributed by atoms with E-state index in [-0.39, 0.29) is 5.82 Å². The molecule has 2 aromatic heterocycles. The molecule has 156 valence electrons. The third-order valence-corrected chi connectivity index (χ3v) is 5.42. The van der Waals surface area contributed by atoms with Gasteiger partial charge in [-0.1, -0.05) is 0 Å². The molecule has 2 aliphatic rings. The molecule has 2 aliphatic heterocycles. The van der Waals surface area contributed by atoms with Gasteiger partial charge in [-0.25, -0.2) is 14.1 Å². The van der Waals surface area contributed by atoms with E-state index in [0.717, 1.165) is 45.1 Å². The zero-order chi connectivity index (χ0) is 20.5. The van der Waals surface area contributed by atoms with Crippen molar-refractivity contribution >= 4 is 17.3 Å². The highest BCUT2D eigenvalue weighted by molar-refractivity contribution is 5.62. The molecule has 0 bridgehead atoms. The topological polar surface area (TPSA) is 71.3 Å². The van der Waals surface area contributed by atoms with Crippen LogP contribution in [0, 0.1) is 11.8 Å². The Hall–Kier alpha value is -3.11. The van der Waals surface area contributed by atoms with E-state index in [1.165, 1.54) is 29.3 Å². The highest BCUT2D eigenvalue weighted by atomic mass is 19.1. The van der Waals surface area contributed by atoms with Gasteiger partial charge in [-0.3, -0.25) is 4.90 Å². The predicted octanol–water partition coefficient (Wildman–Crippen LogP) is 2.20. The first-order chi connectivity index (χ1) is 14.6. The summed E-state index contributed by atoms with van der Waals surface area (Å²) in [5.41, 5.74) is 1.87. The van der Waals surface area contributed by atoms with Gasteiger partial charge in [0, 0.05) is 49.8 Å². The van der Waals surface area contributed by atoms with E-state index in [0.29, 0.717) is 23.4 Å². The number of hydrogen-bond acceptors (Lipinski definition) is 7. The van der Waals surface area contributed by atoms with Crippen LogP contribution in [0.1, 0.15) is 0 Å². The molecular weight excluding hydrogens is 392 g/mol. The summed E-state index contributed by atoms with van der Waals surface area (Å²) in [4.78, 5) is 12.3. The quantitative estimate of drug-likeness (QED) is 0.643. The van der Waals surface area contributed by atoms with Gasteiger partial charge in [0.25, 0.3) is 0 Å². The van der Waals surface area contributed by atoms with Crippen LogP contribution in [0.15, 0.2) is 42.9 Å². The predicted molar refractivity (Wildman–Crippen MR) is 107 cm³/mol. The van der Waals surface area contributed by atoms with Gasteiger partial charge in [0.2, 0.25) is 11.9 Å². The molecule has 0 amide bonds. The van der Waals surface area contributed by atoms with Crippen molar-refractivity contribution in [3.05, 3.63) is 54.6 Å². The first-order valence-corrected chi connectivity index (χ1v) is 9.82. The number of halogens is 2. The second-order valence-electron chi connectivity index (χ2n) is 7.39. The molecule has 2 saturated heterocycles. The average molecular weight is 413 g/mol. The van der Waals surface area contributed by atoms with Crippen molar-refractivity contribution in [2.75, 3.05) is 49.6 Å². The van der Waals surface area contributed by atoms with E-state index in [1.54, 1.807) is 12.1 Å². The summed E-state index contributed by atoms with van der Waals surface area (Å²) < 4.78 is 34.3. The van der Waals surface area contributed by atoms with E-state index in [2.05, 4.69) is 30.2 Å². The molecule has 1 aromatic carbocycles. The van der Waals surface area contributed by atoms with Gasteiger partial charge >= 0.3 is 0 Å². The highest BCUT2D eigenvalue weighted by Gasteiger charge is 2.29. The minimum absolute atomic E-state index is 0.290. The zero-order valence-corrected chi connectivity index (χ0v) is 16.2. The zero-order valence-electron chi connectivity index (χ0n) is 16.2. The van der Waals surface area contributed by atoms with Crippen LogP contribution in [0.2, 0.25) is 0 Å². The maximum absolute atomic E-state index is 14.3. The average Bonchev–Trinajstić information content (AvgIpc) is 3.15. The molecule has 8 nitrogen and oxygen atoms in total. The second-order valence-corrected chi connectivity index (χ2v) is 7.39. The molecule has 5 rings (SSSR count). The van der Waals surface area contributed by atoms with Crippen LogP contribution < -0.4 is 10.2 Å². The molecule has 30 heavy (non-hydrogen) atoms. The van der Waals surface area contributed by atoms with Crippen molar-refractivity contribution in [1.29, 1.82) is 0 Å². The number of benzene rings is 1. The number of pyridine rings is 1. The van der Waals surface area contributed by atoms with Crippen molar-refractivity contribution in [2.45, 2.75) is 6.04 Å². The van der Waals surface area contributed by atoms with Crippen LogP contribution in [0.4, 0.5) is 26.1 Å². The van der Waals surface area contributed by atoms with Crippen LogP contribution in [0.5, 0.6) is 0 Å². The lowest BCUT2D eigenvalue weighted by molar-refractivity contribution is -0.0660. The Morgan fingerprint density at radius 3 is 2.53 bits per heavy atom. The van der Waals surface area contributed by atoms with Crippen LogP contribution in [-0.4, -0.2) is 70.1 Å². The summed E-state index contributed by atoms with van der Waals surface area (Å²) >= 11 is 0. The molecular formula is C20H21F2N7O. The number of anilines is 3. The van der Waals surface area contributed by atoms with E-state index in [4.69, 9.17) is 4.74 Å². The standard InChI is InChI=1S/C20H21F2N7O/c21-14-7-15(25-20-24-13-29(26-20)16-1-2-23-19(22)10-16)9-17(8-14)27-3-5-28(6-4-27)18-11-30-12-18/h1-2,7-10,13,18H,3-6,11-12H2,(H,25,26). The maximum atomic E-state index is 14.3.